The minimum Gasteiger partial charge on any atom is -0.462 e. The van der Waals surface area contributed by atoms with Crippen LogP contribution >= 0.6 is 11.3 Å². The zero-order chi connectivity index (χ0) is 20.1. The number of carbonyl (C=O) groups excluding carboxylic acids is 4. The Morgan fingerprint density at radius 2 is 1.88 bits per heavy atom. The molecule has 144 valence electrons. The monoisotopic (exact) mass is 384 g/mol. The zero-order valence-corrected chi connectivity index (χ0v) is 16.6. The van der Waals surface area contributed by atoms with Crippen LogP contribution in [-0.4, -0.2) is 55.0 Å². The Morgan fingerprint density at radius 1 is 1.27 bits per heavy atom. The fourth-order valence-corrected chi connectivity index (χ4v) is 3.20. The minimum absolute atomic E-state index is 0.149. The van der Waals surface area contributed by atoms with E-state index in [1.807, 2.05) is 0 Å². The van der Waals surface area contributed by atoms with Crippen molar-refractivity contribution in [3.63, 3.8) is 0 Å². The standard InChI is InChI=1S/C17H24N2O6S/c1-7-24-16(23)13-10(2)12(14(26-13)18-9-20)15(22)19(6)8-11(21)25-17(3,4)5/h9H,7-8H2,1-6H3,(H,18,20). The molecule has 0 spiro atoms. The first kappa shape index (κ1) is 21.6. The smallest absolute Gasteiger partial charge is 0.348 e. The summed E-state index contributed by atoms with van der Waals surface area (Å²) in [6.45, 7) is 8.38. The molecule has 8 nitrogen and oxygen atoms in total. The highest BCUT2D eigenvalue weighted by Crippen LogP contribution is 2.34. The summed E-state index contributed by atoms with van der Waals surface area (Å²) in [5.41, 5.74) is -0.129. The average molecular weight is 384 g/mol. The SMILES string of the molecule is CCOC(=O)c1sc(NC=O)c(C(=O)N(C)CC(=O)OC(C)(C)C)c1C. The first-order valence-electron chi connectivity index (χ1n) is 7.99. The Hall–Kier alpha value is -2.42. The van der Waals surface area contributed by atoms with Gasteiger partial charge >= 0.3 is 11.9 Å². The maximum absolute atomic E-state index is 12.8. The van der Waals surface area contributed by atoms with E-state index in [-0.39, 0.29) is 28.6 Å². The topological polar surface area (TPSA) is 102 Å². The van der Waals surface area contributed by atoms with E-state index < -0.39 is 23.4 Å². The van der Waals surface area contributed by atoms with E-state index in [1.165, 1.54) is 11.9 Å². The Bertz CT molecular complexity index is 705. The molecule has 0 atom stereocenters. The number of rotatable bonds is 7. The Labute approximate surface area is 156 Å². The molecule has 0 aromatic carbocycles. The first-order chi connectivity index (χ1) is 12.0. The van der Waals surface area contributed by atoms with Gasteiger partial charge in [0, 0.05) is 7.05 Å². The summed E-state index contributed by atoms with van der Waals surface area (Å²) in [5.74, 6) is -1.64. The van der Waals surface area contributed by atoms with Crippen molar-refractivity contribution in [2.45, 2.75) is 40.2 Å². The predicted octanol–water partition coefficient (Wildman–Crippen LogP) is 2.22. The molecule has 0 aliphatic carbocycles. The van der Waals surface area contributed by atoms with E-state index in [4.69, 9.17) is 9.47 Å². The molecule has 0 bridgehead atoms. The van der Waals surface area contributed by atoms with E-state index in [1.54, 1.807) is 34.6 Å². The molecule has 0 fully saturated rings. The molecule has 1 N–H and O–H groups in total. The third kappa shape index (κ3) is 5.55. The van der Waals surface area contributed by atoms with Crippen molar-refractivity contribution in [1.82, 2.24) is 4.90 Å². The van der Waals surface area contributed by atoms with E-state index in [0.29, 0.717) is 12.0 Å². The van der Waals surface area contributed by atoms with Gasteiger partial charge in [-0.2, -0.15) is 0 Å². The van der Waals surface area contributed by atoms with Crippen molar-refractivity contribution >= 4 is 40.6 Å². The Morgan fingerprint density at radius 3 is 2.38 bits per heavy atom. The summed E-state index contributed by atoms with van der Waals surface area (Å²) in [6.07, 6.45) is 0.421. The van der Waals surface area contributed by atoms with Crippen LogP contribution in [0, 0.1) is 6.92 Å². The molecular weight excluding hydrogens is 360 g/mol. The van der Waals surface area contributed by atoms with Gasteiger partial charge in [-0.1, -0.05) is 0 Å². The molecule has 0 radical (unpaired) electrons. The van der Waals surface area contributed by atoms with Gasteiger partial charge in [0.2, 0.25) is 6.41 Å². The summed E-state index contributed by atoms with van der Waals surface area (Å²) < 4.78 is 10.2. The fraction of sp³-hybridized carbons (Fsp3) is 0.529. The van der Waals surface area contributed by atoms with Crippen LogP contribution in [0.15, 0.2) is 0 Å². The highest BCUT2D eigenvalue weighted by molar-refractivity contribution is 7.18. The molecular formula is C17H24N2O6S. The predicted molar refractivity (Wildman–Crippen MR) is 97.5 cm³/mol. The second kappa shape index (κ2) is 8.79. The van der Waals surface area contributed by atoms with Crippen LogP contribution in [0.4, 0.5) is 5.00 Å². The minimum atomic E-state index is -0.666. The molecule has 0 unspecified atom stereocenters. The molecule has 0 saturated heterocycles. The number of hydrogen-bond acceptors (Lipinski definition) is 7. The molecule has 9 heteroatoms. The lowest BCUT2D eigenvalue weighted by molar-refractivity contribution is -0.155. The van der Waals surface area contributed by atoms with Gasteiger partial charge in [0.1, 0.15) is 22.0 Å². The van der Waals surface area contributed by atoms with Gasteiger partial charge in [0.15, 0.2) is 0 Å². The van der Waals surface area contributed by atoms with Gasteiger partial charge in [-0.15, -0.1) is 11.3 Å². The van der Waals surface area contributed by atoms with Gasteiger partial charge in [-0.05, 0) is 40.2 Å². The van der Waals surface area contributed by atoms with Crippen molar-refractivity contribution in [1.29, 1.82) is 0 Å². The fourth-order valence-electron chi connectivity index (χ4n) is 2.15. The molecule has 1 heterocycles. The van der Waals surface area contributed by atoms with Crippen LogP contribution < -0.4 is 5.32 Å². The van der Waals surface area contributed by atoms with Crippen molar-refractivity contribution in [2.24, 2.45) is 0 Å². The van der Waals surface area contributed by atoms with Crippen LogP contribution in [0.25, 0.3) is 0 Å². The van der Waals surface area contributed by atoms with Crippen LogP contribution in [0.5, 0.6) is 0 Å². The number of nitrogens with zero attached hydrogens (tertiary/aromatic N) is 1. The summed E-state index contributed by atoms with van der Waals surface area (Å²) in [5, 5.41) is 2.65. The Balaban J connectivity index is 3.11. The molecule has 1 rings (SSSR count). The lowest BCUT2D eigenvalue weighted by Gasteiger charge is -2.22. The summed E-state index contributed by atoms with van der Waals surface area (Å²) in [4.78, 5) is 49.0. The van der Waals surface area contributed by atoms with Crippen LogP contribution in [0.1, 0.15) is 53.3 Å². The number of hydrogen-bond donors (Lipinski definition) is 1. The average Bonchev–Trinajstić information content (AvgIpc) is 2.81. The second-order valence-electron chi connectivity index (χ2n) is 6.49. The molecule has 0 aliphatic heterocycles. The van der Waals surface area contributed by atoms with E-state index in [2.05, 4.69) is 5.32 Å². The first-order valence-corrected chi connectivity index (χ1v) is 8.81. The molecule has 0 aliphatic rings. The van der Waals surface area contributed by atoms with Gasteiger partial charge in [0.05, 0.1) is 12.2 Å². The van der Waals surface area contributed by atoms with Crippen molar-refractivity contribution in [3.05, 3.63) is 16.0 Å². The molecule has 2 amide bonds. The summed E-state index contributed by atoms with van der Waals surface area (Å²) >= 11 is 0.953. The van der Waals surface area contributed by atoms with Crippen molar-refractivity contribution in [3.8, 4) is 0 Å². The number of anilines is 1. The number of thiophene rings is 1. The molecule has 26 heavy (non-hydrogen) atoms. The van der Waals surface area contributed by atoms with Gasteiger partial charge in [-0.3, -0.25) is 14.4 Å². The number of amides is 2. The number of likely N-dealkylation sites (N-methyl/N-ethyl adjacent to an activating group) is 1. The maximum Gasteiger partial charge on any atom is 0.348 e. The lowest BCUT2D eigenvalue weighted by Crippen LogP contribution is -2.36. The van der Waals surface area contributed by atoms with Crippen LogP contribution in [0.2, 0.25) is 0 Å². The number of esters is 2. The van der Waals surface area contributed by atoms with E-state index >= 15 is 0 Å². The molecule has 0 saturated carbocycles. The Kier molecular flexibility index (Phi) is 7.31. The van der Waals surface area contributed by atoms with Crippen LogP contribution in [0.3, 0.4) is 0 Å². The molecule has 1 aromatic heterocycles. The third-order valence-corrected chi connectivity index (χ3v) is 4.35. The maximum atomic E-state index is 12.8. The number of carbonyl (C=O) groups is 4. The normalized spacial score (nSPS) is 10.8. The van der Waals surface area contributed by atoms with Crippen LogP contribution in [-0.2, 0) is 19.1 Å². The van der Waals surface area contributed by atoms with E-state index in [0.717, 1.165) is 11.3 Å². The van der Waals surface area contributed by atoms with Gasteiger partial charge in [0.25, 0.3) is 5.91 Å². The molecule has 1 aromatic rings. The number of nitrogens with one attached hydrogen (secondary N) is 1. The quantitative estimate of drug-likeness (QED) is 0.571. The van der Waals surface area contributed by atoms with Crippen molar-refractivity contribution in [2.75, 3.05) is 25.5 Å². The second-order valence-corrected chi connectivity index (χ2v) is 7.51. The highest BCUT2D eigenvalue weighted by atomic mass is 32.1. The lowest BCUT2D eigenvalue weighted by atomic mass is 10.1. The summed E-state index contributed by atoms with van der Waals surface area (Å²) in [7, 11) is 1.44. The summed E-state index contributed by atoms with van der Waals surface area (Å²) in [6, 6.07) is 0. The van der Waals surface area contributed by atoms with E-state index in [9.17, 15) is 19.2 Å². The van der Waals surface area contributed by atoms with Crippen molar-refractivity contribution < 1.29 is 28.7 Å². The highest BCUT2D eigenvalue weighted by Gasteiger charge is 2.28. The third-order valence-electron chi connectivity index (χ3n) is 3.14. The van der Waals surface area contributed by atoms with Gasteiger partial charge in [-0.25, -0.2) is 4.79 Å². The number of ether oxygens (including phenoxy) is 2. The largest absolute Gasteiger partial charge is 0.462 e. The van der Waals surface area contributed by atoms with Gasteiger partial charge < -0.3 is 19.7 Å². The zero-order valence-electron chi connectivity index (χ0n) is 15.8.